The largest absolute Gasteiger partial charge is 0.377 e. The van der Waals surface area contributed by atoms with E-state index in [2.05, 4.69) is 28.8 Å². The fourth-order valence-electron chi connectivity index (χ4n) is 1.76. The van der Waals surface area contributed by atoms with Crippen LogP contribution in [0.25, 0.3) is 11.2 Å². The fourth-order valence-corrected chi connectivity index (χ4v) is 1.76. The van der Waals surface area contributed by atoms with E-state index in [-0.39, 0.29) is 29.8 Å². The van der Waals surface area contributed by atoms with Gasteiger partial charge in [0, 0.05) is 6.04 Å². The van der Waals surface area contributed by atoms with Gasteiger partial charge in [-0.25, -0.2) is 4.98 Å². The van der Waals surface area contributed by atoms with E-state index in [0.29, 0.717) is 31.4 Å². The van der Waals surface area contributed by atoms with E-state index in [0.717, 1.165) is 0 Å². The van der Waals surface area contributed by atoms with Crippen molar-refractivity contribution in [3.05, 3.63) is 16.7 Å². The number of nitrogens with zero attached hydrogens (tertiary/aromatic N) is 3. The molecule has 2 heterocycles. The lowest BCUT2D eigenvalue weighted by Gasteiger charge is -2.15. The molecule has 0 saturated carbocycles. The number of hydrogen-bond donors (Lipinski definition) is 3. The van der Waals surface area contributed by atoms with Crippen LogP contribution in [0.5, 0.6) is 0 Å². The molecular formula is C13H22N6O3. The molecule has 9 nitrogen and oxygen atoms in total. The van der Waals surface area contributed by atoms with E-state index < -0.39 is 0 Å². The molecule has 0 aliphatic heterocycles. The molecule has 2 rings (SSSR count). The van der Waals surface area contributed by atoms with Crippen molar-refractivity contribution in [3.63, 3.8) is 0 Å². The summed E-state index contributed by atoms with van der Waals surface area (Å²) in [5.41, 5.74) is 11.6. The van der Waals surface area contributed by atoms with E-state index in [1.807, 2.05) is 0 Å². The Morgan fingerprint density at radius 1 is 1.36 bits per heavy atom. The summed E-state index contributed by atoms with van der Waals surface area (Å²) < 4.78 is 12.5. The topological polar surface area (TPSA) is 134 Å². The van der Waals surface area contributed by atoms with Crippen molar-refractivity contribution in [3.8, 4) is 0 Å². The molecule has 9 heteroatoms. The molecule has 0 amide bonds. The minimum absolute atomic E-state index is 0.0245. The highest BCUT2D eigenvalue weighted by Crippen LogP contribution is 2.06. The van der Waals surface area contributed by atoms with Crippen LogP contribution < -0.4 is 17.0 Å². The lowest BCUT2D eigenvalue weighted by atomic mass is 10.1. The van der Waals surface area contributed by atoms with Crippen LogP contribution in [0.2, 0.25) is 0 Å². The highest BCUT2D eigenvalue weighted by molar-refractivity contribution is 5.70. The van der Waals surface area contributed by atoms with Crippen molar-refractivity contribution in [1.82, 2.24) is 19.5 Å². The molecule has 2 aromatic rings. The molecule has 0 unspecified atom stereocenters. The average molecular weight is 310 g/mol. The number of ether oxygens (including phenoxy) is 2. The van der Waals surface area contributed by atoms with E-state index in [1.54, 1.807) is 4.57 Å². The van der Waals surface area contributed by atoms with Gasteiger partial charge in [0.25, 0.3) is 5.56 Å². The number of H-pyrrole nitrogens is 1. The van der Waals surface area contributed by atoms with Gasteiger partial charge in [0.15, 0.2) is 11.2 Å². The van der Waals surface area contributed by atoms with Crippen LogP contribution >= 0.6 is 0 Å². The second-order valence-electron chi connectivity index (χ2n) is 5.36. The Balaban J connectivity index is 1.80. The molecule has 0 radical (unpaired) electrons. The average Bonchev–Trinajstić information content (AvgIpc) is 2.85. The summed E-state index contributed by atoms with van der Waals surface area (Å²) in [6.45, 7) is 5.67. The minimum atomic E-state index is -0.368. The lowest BCUT2D eigenvalue weighted by Crippen LogP contribution is -2.32. The smallest absolute Gasteiger partial charge is 0.280 e. The molecule has 0 aliphatic carbocycles. The standard InChI is InChI=1S/C13H22N6O3/c1-8(2)9(14)5-21-3-4-22-7-19-6-16-10-11(19)17-13(15)18-12(10)20/h6,8-9H,3-5,7,14H2,1-2H3,(H3,15,17,18,20)/t9-/m0/s1. The SMILES string of the molecule is CC(C)[C@@H](N)COCCOCn1cnc2c(=O)[nH]c(N)nc21. The van der Waals surface area contributed by atoms with Crippen molar-refractivity contribution in [2.75, 3.05) is 25.6 Å². The summed E-state index contributed by atoms with van der Waals surface area (Å²) in [5.74, 6) is 0.429. The number of aromatic amines is 1. The molecule has 22 heavy (non-hydrogen) atoms. The van der Waals surface area contributed by atoms with Crippen molar-refractivity contribution >= 4 is 17.1 Å². The third-order valence-electron chi connectivity index (χ3n) is 3.26. The Morgan fingerprint density at radius 3 is 2.82 bits per heavy atom. The zero-order chi connectivity index (χ0) is 16.1. The first-order chi connectivity index (χ1) is 10.5. The molecule has 5 N–H and O–H groups in total. The number of nitrogen functional groups attached to an aromatic ring is 1. The van der Waals surface area contributed by atoms with Crippen LogP contribution in [-0.4, -0.2) is 45.4 Å². The molecule has 0 aromatic carbocycles. The predicted molar refractivity (Wildman–Crippen MR) is 82.1 cm³/mol. The number of nitrogens with two attached hydrogens (primary N) is 2. The summed E-state index contributed by atoms with van der Waals surface area (Å²) >= 11 is 0. The van der Waals surface area contributed by atoms with Gasteiger partial charge in [0.2, 0.25) is 5.95 Å². The number of anilines is 1. The Bertz CT molecular complexity index is 665. The van der Waals surface area contributed by atoms with Crippen LogP contribution in [0.4, 0.5) is 5.95 Å². The number of imidazole rings is 1. The molecule has 0 aliphatic rings. The summed E-state index contributed by atoms with van der Waals surface area (Å²) in [7, 11) is 0. The van der Waals surface area contributed by atoms with Gasteiger partial charge in [0.05, 0.1) is 26.1 Å². The quantitative estimate of drug-likeness (QED) is 0.568. The van der Waals surface area contributed by atoms with Gasteiger partial charge in [-0.1, -0.05) is 13.8 Å². The second kappa shape index (κ2) is 7.34. The van der Waals surface area contributed by atoms with Crippen LogP contribution in [-0.2, 0) is 16.2 Å². The maximum absolute atomic E-state index is 11.6. The number of fused-ring (bicyclic) bond motifs is 1. The number of rotatable bonds is 8. The van der Waals surface area contributed by atoms with Gasteiger partial charge in [0.1, 0.15) is 6.73 Å². The van der Waals surface area contributed by atoms with Gasteiger partial charge in [-0.15, -0.1) is 0 Å². The molecular weight excluding hydrogens is 288 g/mol. The highest BCUT2D eigenvalue weighted by atomic mass is 16.5. The predicted octanol–water partition coefficient (Wildman–Crippen LogP) is -0.324. The third-order valence-corrected chi connectivity index (χ3v) is 3.26. The lowest BCUT2D eigenvalue weighted by molar-refractivity contribution is 0.0140. The first-order valence-corrected chi connectivity index (χ1v) is 7.10. The van der Waals surface area contributed by atoms with Crippen LogP contribution in [0, 0.1) is 5.92 Å². The van der Waals surface area contributed by atoms with Crippen LogP contribution in [0.1, 0.15) is 13.8 Å². The van der Waals surface area contributed by atoms with Crippen molar-refractivity contribution in [1.29, 1.82) is 0 Å². The number of aromatic nitrogens is 4. The van der Waals surface area contributed by atoms with Gasteiger partial charge < -0.3 is 20.9 Å². The van der Waals surface area contributed by atoms with Gasteiger partial charge in [-0.3, -0.25) is 14.3 Å². The van der Waals surface area contributed by atoms with Crippen molar-refractivity contribution in [2.24, 2.45) is 11.7 Å². The van der Waals surface area contributed by atoms with Crippen LogP contribution in [0.3, 0.4) is 0 Å². The normalized spacial score (nSPS) is 13.1. The summed E-state index contributed by atoms with van der Waals surface area (Å²) in [5, 5.41) is 0. The zero-order valence-electron chi connectivity index (χ0n) is 12.8. The van der Waals surface area contributed by atoms with Gasteiger partial charge in [-0.05, 0) is 5.92 Å². The Morgan fingerprint density at radius 2 is 2.09 bits per heavy atom. The first-order valence-electron chi connectivity index (χ1n) is 7.10. The van der Waals surface area contributed by atoms with Gasteiger partial charge in [-0.2, -0.15) is 4.98 Å². The Labute approximate surface area is 127 Å². The molecule has 0 spiro atoms. The maximum Gasteiger partial charge on any atom is 0.280 e. The summed E-state index contributed by atoms with van der Waals surface area (Å²) in [6.07, 6.45) is 1.49. The van der Waals surface area contributed by atoms with E-state index in [1.165, 1.54) is 6.33 Å². The van der Waals surface area contributed by atoms with E-state index in [4.69, 9.17) is 20.9 Å². The summed E-state index contributed by atoms with van der Waals surface area (Å²) in [4.78, 5) is 22.1. The molecule has 122 valence electrons. The molecule has 1 atom stereocenters. The molecule has 0 fully saturated rings. The molecule has 2 aromatic heterocycles. The zero-order valence-corrected chi connectivity index (χ0v) is 12.8. The second-order valence-corrected chi connectivity index (χ2v) is 5.36. The minimum Gasteiger partial charge on any atom is -0.377 e. The van der Waals surface area contributed by atoms with Gasteiger partial charge >= 0.3 is 0 Å². The maximum atomic E-state index is 11.6. The monoisotopic (exact) mass is 310 g/mol. The van der Waals surface area contributed by atoms with Crippen molar-refractivity contribution < 1.29 is 9.47 Å². The third kappa shape index (κ3) is 4.03. The number of nitrogens with one attached hydrogen (secondary N) is 1. The molecule has 0 bridgehead atoms. The van der Waals surface area contributed by atoms with Crippen molar-refractivity contribution in [2.45, 2.75) is 26.6 Å². The van der Waals surface area contributed by atoms with Crippen LogP contribution in [0.15, 0.2) is 11.1 Å². The Hall–Kier alpha value is -1.97. The molecule has 0 saturated heterocycles. The fraction of sp³-hybridized carbons (Fsp3) is 0.615. The Kier molecular flexibility index (Phi) is 5.47. The summed E-state index contributed by atoms with van der Waals surface area (Å²) in [6, 6.07) is 0.0245. The number of hydrogen-bond acceptors (Lipinski definition) is 7. The highest BCUT2D eigenvalue weighted by Gasteiger charge is 2.09. The first kappa shape index (κ1) is 16.4. The van der Waals surface area contributed by atoms with E-state index >= 15 is 0 Å². The van der Waals surface area contributed by atoms with E-state index in [9.17, 15) is 4.79 Å².